The molecular weight excluding hydrogens is 417 g/mol. The van der Waals surface area contributed by atoms with E-state index < -0.39 is 11.4 Å². The molecule has 0 radical (unpaired) electrons. The quantitative estimate of drug-likeness (QED) is 0.438. The van der Waals surface area contributed by atoms with Crippen molar-refractivity contribution in [3.05, 3.63) is 88.1 Å². The summed E-state index contributed by atoms with van der Waals surface area (Å²) < 4.78 is 21.1. The summed E-state index contributed by atoms with van der Waals surface area (Å²) in [7, 11) is 0. The van der Waals surface area contributed by atoms with E-state index in [9.17, 15) is 4.39 Å². The van der Waals surface area contributed by atoms with Crippen molar-refractivity contribution in [1.82, 2.24) is 5.32 Å². The highest BCUT2D eigenvalue weighted by Crippen LogP contribution is 2.49. The lowest BCUT2D eigenvalue weighted by Crippen LogP contribution is -2.51. The number of benzene rings is 2. The molecule has 2 nitrogen and oxygen atoms in total. The van der Waals surface area contributed by atoms with E-state index in [0.717, 1.165) is 11.1 Å². The van der Waals surface area contributed by atoms with Crippen LogP contribution in [-0.2, 0) is 12.0 Å². The molecule has 0 aromatic heterocycles. The zero-order chi connectivity index (χ0) is 18.7. The van der Waals surface area contributed by atoms with Gasteiger partial charge in [-0.05, 0) is 27.9 Å². The van der Waals surface area contributed by atoms with E-state index in [4.69, 9.17) is 16.3 Å². The van der Waals surface area contributed by atoms with E-state index in [1.807, 2.05) is 42.5 Å². The number of hydrogen-bond donors (Lipinski definition) is 1. The maximum Gasteiger partial charge on any atom is 0.154 e. The summed E-state index contributed by atoms with van der Waals surface area (Å²) in [6.07, 6.45) is 4.92. The minimum absolute atomic E-state index is 0.0680. The van der Waals surface area contributed by atoms with Crippen LogP contribution in [0.5, 0.6) is 5.75 Å². The molecule has 0 saturated carbocycles. The van der Waals surface area contributed by atoms with Gasteiger partial charge in [0.25, 0.3) is 0 Å². The molecule has 0 spiro atoms. The fourth-order valence-electron chi connectivity index (χ4n) is 3.47. The Balaban J connectivity index is 2.13. The van der Waals surface area contributed by atoms with Gasteiger partial charge in [0.15, 0.2) is 5.60 Å². The second kappa shape index (κ2) is 7.95. The first-order valence-electron chi connectivity index (χ1n) is 8.39. The molecule has 2 atom stereocenters. The van der Waals surface area contributed by atoms with Crippen LogP contribution >= 0.6 is 27.5 Å². The zero-order valence-electron chi connectivity index (χ0n) is 14.3. The van der Waals surface area contributed by atoms with Gasteiger partial charge in [-0.15, -0.1) is 13.2 Å². The normalized spacial score (nSPS) is 19.5. The van der Waals surface area contributed by atoms with Gasteiger partial charge in [0.2, 0.25) is 0 Å². The van der Waals surface area contributed by atoms with Gasteiger partial charge in [0.05, 0.1) is 11.1 Å². The monoisotopic (exact) mass is 435 g/mol. The van der Waals surface area contributed by atoms with E-state index in [1.165, 1.54) is 6.07 Å². The summed E-state index contributed by atoms with van der Waals surface area (Å²) in [5, 5.41) is 3.56. The van der Waals surface area contributed by atoms with Crippen LogP contribution in [0.4, 0.5) is 4.39 Å². The smallest absolute Gasteiger partial charge is 0.154 e. The number of fused-ring (bicyclic) bond motifs is 1. The minimum Gasteiger partial charge on any atom is -0.480 e. The lowest BCUT2D eigenvalue weighted by Gasteiger charge is -2.37. The van der Waals surface area contributed by atoms with Crippen LogP contribution in [0.3, 0.4) is 0 Å². The van der Waals surface area contributed by atoms with Crippen molar-refractivity contribution in [3.63, 3.8) is 0 Å². The SMILES string of the molecule is C=CCN[C@@H](CC=C)[C@@]1(c2ccccc2)Cc2c(cc(F)c(Cl)c2Br)O1. The van der Waals surface area contributed by atoms with Crippen molar-refractivity contribution in [3.8, 4) is 5.75 Å². The average Bonchev–Trinajstić information content (AvgIpc) is 3.04. The zero-order valence-corrected chi connectivity index (χ0v) is 16.6. The van der Waals surface area contributed by atoms with Gasteiger partial charge in [0.1, 0.15) is 11.6 Å². The first-order valence-corrected chi connectivity index (χ1v) is 9.56. The van der Waals surface area contributed by atoms with E-state index in [1.54, 1.807) is 0 Å². The van der Waals surface area contributed by atoms with Gasteiger partial charge >= 0.3 is 0 Å². The summed E-state index contributed by atoms with van der Waals surface area (Å²) >= 11 is 9.54. The molecule has 2 aromatic carbocycles. The predicted molar refractivity (Wildman–Crippen MR) is 108 cm³/mol. The van der Waals surface area contributed by atoms with E-state index in [2.05, 4.69) is 34.4 Å². The fraction of sp³-hybridized carbons (Fsp3) is 0.238. The Morgan fingerprint density at radius 2 is 2.04 bits per heavy atom. The van der Waals surface area contributed by atoms with Crippen LogP contribution in [0.15, 0.2) is 66.2 Å². The highest BCUT2D eigenvalue weighted by atomic mass is 79.9. The topological polar surface area (TPSA) is 21.3 Å². The van der Waals surface area contributed by atoms with E-state index >= 15 is 0 Å². The molecule has 1 heterocycles. The molecule has 0 amide bonds. The summed E-state index contributed by atoms with van der Waals surface area (Å²) in [6.45, 7) is 8.30. The largest absolute Gasteiger partial charge is 0.480 e. The molecule has 0 saturated heterocycles. The van der Waals surface area contributed by atoms with Gasteiger partial charge in [-0.2, -0.15) is 0 Å². The number of nitrogens with one attached hydrogen (secondary N) is 1. The van der Waals surface area contributed by atoms with Gasteiger partial charge in [-0.25, -0.2) is 4.39 Å². The Kier molecular flexibility index (Phi) is 5.86. The van der Waals surface area contributed by atoms with Crippen molar-refractivity contribution in [1.29, 1.82) is 0 Å². The molecule has 1 N–H and O–H groups in total. The number of rotatable bonds is 7. The van der Waals surface area contributed by atoms with Gasteiger partial charge in [0, 0.05) is 29.1 Å². The van der Waals surface area contributed by atoms with Crippen LogP contribution < -0.4 is 10.1 Å². The Labute approximate surface area is 166 Å². The van der Waals surface area contributed by atoms with Gasteiger partial charge in [-0.1, -0.05) is 54.1 Å². The number of hydrogen-bond acceptors (Lipinski definition) is 2. The third kappa shape index (κ3) is 3.34. The molecule has 2 aromatic rings. The average molecular weight is 437 g/mol. The molecule has 0 aliphatic carbocycles. The molecular formula is C21H20BrClFNO. The summed E-state index contributed by atoms with van der Waals surface area (Å²) in [4.78, 5) is 0. The fourth-order valence-corrected chi connectivity index (χ4v) is 4.16. The Hall–Kier alpha value is -1.62. The number of ether oxygens (including phenoxy) is 1. The van der Waals surface area contributed by atoms with Crippen LogP contribution in [0.25, 0.3) is 0 Å². The Morgan fingerprint density at radius 1 is 1.31 bits per heavy atom. The van der Waals surface area contributed by atoms with Crippen LogP contribution in [0.2, 0.25) is 5.02 Å². The van der Waals surface area contributed by atoms with Crippen LogP contribution in [-0.4, -0.2) is 12.6 Å². The highest BCUT2D eigenvalue weighted by Gasteiger charge is 2.48. The van der Waals surface area contributed by atoms with Gasteiger partial charge < -0.3 is 10.1 Å². The first-order chi connectivity index (χ1) is 12.5. The maximum atomic E-state index is 14.2. The predicted octanol–water partition coefficient (Wildman–Crippen LogP) is 5.79. The molecule has 5 heteroatoms. The van der Waals surface area contributed by atoms with Crippen molar-refractivity contribution in [2.24, 2.45) is 0 Å². The molecule has 0 bridgehead atoms. The van der Waals surface area contributed by atoms with E-state index in [0.29, 0.717) is 29.6 Å². The molecule has 0 unspecified atom stereocenters. The molecule has 0 fully saturated rings. The molecule has 136 valence electrons. The second-order valence-corrected chi connectivity index (χ2v) is 7.44. The van der Waals surface area contributed by atoms with Crippen molar-refractivity contribution in [2.75, 3.05) is 6.54 Å². The lowest BCUT2D eigenvalue weighted by atomic mass is 9.81. The van der Waals surface area contributed by atoms with Crippen molar-refractivity contribution in [2.45, 2.75) is 24.5 Å². The standard InChI is InChI=1S/C21H20BrClFNO/c1-3-8-18(25-11-4-2)21(14-9-6-5-7-10-14)13-15-17(26-21)12-16(24)20(23)19(15)22/h3-7,9-10,12,18,25H,1-2,8,11,13H2/t18-,21-/m0/s1. The third-order valence-corrected chi connectivity index (χ3v) is 6.16. The summed E-state index contributed by atoms with van der Waals surface area (Å²) in [6, 6.07) is 11.3. The van der Waals surface area contributed by atoms with Crippen molar-refractivity contribution >= 4 is 27.5 Å². The molecule has 3 rings (SSSR count). The Morgan fingerprint density at radius 3 is 2.69 bits per heavy atom. The van der Waals surface area contributed by atoms with Crippen LogP contribution in [0, 0.1) is 5.82 Å². The van der Waals surface area contributed by atoms with E-state index in [-0.39, 0.29) is 11.1 Å². The van der Waals surface area contributed by atoms with Gasteiger partial charge in [-0.3, -0.25) is 0 Å². The minimum atomic E-state index is -0.694. The molecule has 26 heavy (non-hydrogen) atoms. The summed E-state index contributed by atoms with van der Waals surface area (Å²) in [5.41, 5.74) is 1.19. The summed E-state index contributed by atoms with van der Waals surface area (Å²) in [5.74, 6) is 0.0116. The molecule has 1 aliphatic rings. The Bertz CT molecular complexity index is 827. The second-order valence-electron chi connectivity index (χ2n) is 6.27. The first kappa shape index (κ1) is 19.2. The van der Waals surface area contributed by atoms with Crippen molar-refractivity contribution < 1.29 is 9.13 Å². The third-order valence-electron chi connectivity index (χ3n) is 4.69. The number of halogens is 3. The molecule has 1 aliphatic heterocycles. The highest BCUT2D eigenvalue weighted by molar-refractivity contribution is 9.10. The maximum absolute atomic E-state index is 14.2. The van der Waals surface area contributed by atoms with Crippen LogP contribution in [0.1, 0.15) is 17.5 Å². The lowest BCUT2D eigenvalue weighted by molar-refractivity contribution is 0.0486.